The highest BCUT2D eigenvalue weighted by Crippen LogP contribution is 2.47. The Bertz CT molecular complexity index is 903. The highest BCUT2D eigenvalue weighted by atomic mass is 16.5. The zero-order valence-electron chi connectivity index (χ0n) is 15.5. The Morgan fingerprint density at radius 1 is 1.19 bits per heavy atom. The van der Waals surface area contributed by atoms with Crippen LogP contribution in [0.15, 0.2) is 23.6 Å². The number of rotatable bonds is 6. The Kier molecular flexibility index (Phi) is 5.09. The van der Waals surface area contributed by atoms with Crippen LogP contribution < -0.4 is 24.7 Å². The van der Waals surface area contributed by atoms with Crippen molar-refractivity contribution in [1.29, 1.82) is 5.26 Å². The molecule has 2 heterocycles. The second kappa shape index (κ2) is 7.47. The van der Waals surface area contributed by atoms with Gasteiger partial charge in [0.1, 0.15) is 11.6 Å². The van der Waals surface area contributed by atoms with E-state index in [1.165, 1.54) is 21.3 Å². The number of nitrogens with two attached hydrogens (primary N) is 1. The van der Waals surface area contributed by atoms with Gasteiger partial charge in [-0.05, 0) is 17.7 Å². The summed E-state index contributed by atoms with van der Waals surface area (Å²) in [7, 11) is 6.15. The molecule has 0 saturated carbocycles. The molecule has 3 N–H and O–H groups in total. The van der Waals surface area contributed by atoms with Gasteiger partial charge >= 0.3 is 0 Å². The number of hydrogen-bond acceptors (Lipinski definition) is 8. The van der Waals surface area contributed by atoms with Crippen LogP contribution in [-0.2, 0) is 11.3 Å². The van der Waals surface area contributed by atoms with E-state index in [-0.39, 0.29) is 18.1 Å². The Balaban J connectivity index is 2.26. The first-order valence-electron chi connectivity index (χ1n) is 8.03. The number of nitrogens with one attached hydrogen (secondary N) is 1. The van der Waals surface area contributed by atoms with Crippen LogP contribution in [0.3, 0.4) is 0 Å². The summed E-state index contributed by atoms with van der Waals surface area (Å²) in [6.07, 6.45) is 0. The van der Waals surface area contributed by atoms with Crippen molar-refractivity contribution >= 4 is 0 Å². The molecule has 1 aliphatic rings. The van der Waals surface area contributed by atoms with E-state index in [0.29, 0.717) is 39.9 Å². The van der Waals surface area contributed by atoms with Gasteiger partial charge in [0.05, 0.1) is 45.1 Å². The van der Waals surface area contributed by atoms with E-state index < -0.39 is 5.92 Å². The maximum atomic E-state index is 9.71. The van der Waals surface area contributed by atoms with Gasteiger partial charge in [0.25, 0.3) is 0 Å². The van der Waals surface area contributed by atoms with Crippen LogP contribution in [0.4, 0.5) is 0 Å². The first-order chi connectivity index (χ1) is 13.1. The third-order valence-corrected chi connectivity index (χ3v) is 4.33. The summed E-state index contributed by atoms with van der Waals surface area (Å²) >= 11 is 0. The minimum atomic E-state index is -0.531. The van der Waals surface area contributed by atoms with Crippen LogP contribution in [-0.4, -0.2) is 38.6 Å². The van der Waals surface area contributed by atoms with Crippen LogP contribution in [0, 0.1) is 11.3 Å². The third kappa shape index (κ3) is 3.00. The summed E-state index contributed by atoms with van der Waals surface area (Å²) < 4.78 is 27.0. The van der Waals surface area contributed by atoms with E-state index in [1.54, 1.807) is 19.2 Å². The molecule has 3 rings (SSSR count). The average Bonchev–Trinajstić information content (AvgIpc) is 3.07. The average molecular weight is 372 g/mol. The number of ether oxygens (including phenoxy) is 5. The molecule has 142 valence electrons. The predicted molar refractivity (Wildman–Crippen MR) is 94.7 cm³/mol. The zero-order chi connectivity index (χ0) is 19.6. The maximum absolute atomic E-state index is 9.71. The van der Waals surface area contributed by atoms with Crippen molar-refractivity contribution < 1.29 is 23.7 Å². The summed E-state index contributed by atoms with van der Waals surface area (Å²) in [6, 6.07) is 5.69. The lowest BCUT2D eigenvalue weighted by molar-refractivity contribution is 0.180. The second-order valence-electron chi connectivity index (χ2n) is 5.74. The molecule has 9 nitrogen and oxygen atoms in total. The summed E-state index contributed by atoms with van der Waals surface area (Å²) in [5.41, 5.74) is 8.31. The van der Waals surface area contributed by atoms with Crippen molar-refractivity contribution in [2.75, 3.05) is 28.4 Å². The van der Waals surface area contributed by atoms with E-state index in [4.69, 9.17) is 29.4 Å². The molecule has 0 radical (unpaired) electrons. The van der Waals surface area contributed by atoms with Crippen molar-refractivity contribution in [3.63, 3.8) is 0 Å². The van der Waals surface area contributed by atoms with E-state index in [1.807, 2.05) is 0 Å². The van der Waals surface area contributed by atoms with Crippen LogP contribution >= 0.6 is 0 Å². The summed E-state index contributed by atoms with van der Waals surface area (Å²) in [5.74, 6) is 1.16. The Morgan fingerprint density at radius 3 is 2.37 bits per heavy atom. The zero-order valence-corrected chi connectivity index (χ0v) is 15.5. The van der Waals surface area contributed by atoms with Crippen molar-refractivity contribution in [2.45, 2.75) is 12.5 Å². The van der Waals surface area contributed by atoms with Gasteiger partial charge in [0.15, 0.2) is 11.5 Å². The molecule has 9 heteroatoms. The first-order valence-corrected chi connectivity index (χ1v) is 8.03. The lowest BCUT2D eigenvalue weighted by atomic mass is 9.83. The maximum Gasteiger partial charge on any atom is 0.244 e. The number of methoxy groups -OCH3 is 4. The van der Waals surface area contributed by atoms with Gasteiger partial charge in [-0.2, -0.15) is 5.26 Å². The first kappa shape index (κ1) is 18.4. The van der Waals surface area contributed by atoms with Gasteiger partial charge in [-0.3, -0.25) is 5.10 Å². The fourth-order valence-electron chi connectivity index (χ4n) is 3.16. The van der Waals surface area contributed by atoms with Crippen molar-refractivity contribution in [2.24, 2.45) is 5.73 Å². The third-order valence-electron chi connectivity index (χ3n) is 4.33. The van der Waals surface area contributed by atoms with Crippen LogP contribution in [0.2, 0.25) is 0 Å². The molecule has 2 aromatic rings. The van der Waals surface area contributed by atoms with Crippen molar-refractivity contribution in [1.82, 2.24) is 10.2 Å². The van der Waals surface area contributed by atoms with Crippen LogP contribution in [0.5, 0.6) is 23.1 Å². The van der Waals surface area contributed by atoms with Gasteiger partial charge in [0.2, 0.25) is 17.5 Å². The Morgan fingerprint density at radius 2 is 1.85 bits per heavy atom. The van der Waals surface area contributed by atoms with Crippen molar-refractivity contribution in [3.8, 4) is 29.2 Å². The molecule has 0 unspecified atom stereocenters. The normalized spacial score (nSPS) is 15.6. The van der Waals surface area contributed by atoms with E-state index in [0.717, 1.165) is 0 Å². The molecular weight excluding hydrogens is 352 g/mol. The summed E-state index contributed by atoms with van der Waals surface area (Å²) in [6.45, 7) is 0.269. The number of nitriles is 1. The number of benzene rings is 1. The fourth-order valence-corrected chi connectivity index (χ4v) is 3.16. The van der Waals surface area contributed by atoms with E-state index in [9.17, 15) is 5.26 Å². The monoisotopic (exact) mass is 372 g/mol. The lowest BCUT2D eigenvalue weighted by Crippen LogP contribution is -2.21. The van der Waals surface area contributed by atoms with Gasteiger partial charge < -0.3 is 29.4 Å². The predicted octanol–water partition coefficient (Wildman–Crippen LogP) is 1.80. The SMILES string of the molecule is COCc1[nH]nc2c1[C@H](c1cc(OC)c(OC)c(OC)c1)C(C#N)=C(N)O2. The summed E-state index contributed by atoms with van der Waals surface area (Å²) in [5, 5.41) is 16.7. The minimum Gasteiger partial charge on any atom is -0.493 e. The van der Waals surface area contributed by atoms with Crippen LogP contribution in [0.25, 0.3) is 0 Å². The largest absolute Gasteiger partial charge is 0.493 e. The minimum absolute atomic E-state index is 0.000724. The molecule has 0 bridgehead atoms. The fraction of sp³-hybridized carbons (Fsp3) is 0.333. The van der Waals surface area contributed by atoms with Gasteiger partial charge in [-0.1, -0.05) is 0 Å². The summed E-state index contributed by atoms with van der Waals surface area (Å²) in [4.78, 5) is 0. The van der Waals surface area contributed by atoms with Crippen LogP contribution in [0.1, 0.15) is 22.7 Å². The number of aromatic amines is 1. The van der Waals surface area contributed by atoms with Gasteiger partial charge in [-0.15, -0.1) is 5.10 Å². The smallest absolute Gasteiger partial charge is 0.244 e. The Labute approximate surface area is 156 Å². The highest BCUT2D eigenvalue weighted by Gasteiger charge is 2.36. The molecule has 0 amide bonds. The highest BCUT2D eigenvalue weighted by molar-refractivity contribution is 5.61. The number of aromatic nitrogens is 2. The molecule has 1 aromatic heterocycles. The molecule has 0 fully saturated rings. The molecule has 0 saturated heterocycles. The topological polar surface area (TPSA) is 125 Å². The molecule has 0 aliphatic carbocycles. The van der Waals surface area contributed by atoms with Crippen molar-refractivity contribution in [3.05, 3.63) is 40.4 Å². The lowest BCUT2D eigenvalue weighted by Gasteiger charge is -2.25. The molecule has 0 spiro atoms. The van der Waals surface area contributed by atoms with Gasteiger partial charge in [0, 0.05) is 7.11 Å². The van der Waals surface area contributed by atoms with Gasteiger partial charge in [-0.25, -0.2) is 0 Å². The number of nitrogens with zero attached hydrogens (tertiary/aromatic N) is 2. The molecule has 27 heavy (non-hydrogen) atoms. The number of H-pyrrole nitrogens is 1. The molecule has 1 aliphatic heterocycles. The number of fused-ring (bicyclic) bond motifs is 1. The van der Waals surface area contributed by atoms with E-state index >= 15 is 0 Å². The number of allylic oxidation sites excluding steroid dienone is 1. The van der Waals surface area contributed by atoms with E-state index in [2.05, 4.69) is 16.3 Å². The molecular formula is C18H20N4O5. The Hall–Kier alpha value is -3.38. The molecule has 1 atom stereocenters. The number of hydrogen-bond donors (Lipinski definition) is 2. The second-order valence-corrected chi connectivity index (χ2v) is 5.74. The standard InChI is InChI=1S/C18H20N4O5/c1-23-8-11-15-14(10(7-19)17(20)27-18(15)22-21-11)9-5-12(24-2)16(26-4)13(6-9)25-3/h5-6,14H,8,20H2,1-4H3,(H,21,22)/t14-/m1/s1. The quantitative estimate of drug-likeness (QED) is 0.786. The molecule has 1 aromatic carbocycles.